The number of carbonyl (C=O) groups is 1. The number of hydrogen-bond donors (Lipinski definition) is 2. The Labute approximate surface area is 166 Å². The summed E-state index contributed by atoms with van der Waals surface area (Å²) in [5.41, 5.74) is 5.27. The van der Waals surface area contributed by atoms with Gasteiger partial charge < -0.3 is 10.3 Å². The van der Waals surface area contributed by atoms with E-state index in [4.69, 9.17) is 0 Å². The van der Waals surface area contributed by atoms with Gasteiger partial charge in [-0.05, 0) is 49.2 Å². The summed E-state index contributed by atoms with van der Waals surface area (Å²) in [7, 11) is 0. The number of rotatable bonds is 6. The van der Waals surface area contributed by atoms with Crippen molar-refractivity contribution in [1.82, 2.24) is 30.0 Å². The van der Waals surface area contributed by atoms with Gasteiger partial charge in [-0.25, -0.2) is 4.98 Å². The number of aromatic amines is 1. The fourth-order valence-electron chi connectivity index (χ4n) is 2.83. The standard InChI is InChI=1S/C20H20N6OS/c1-13-7-8-15(9-14(13)2)26-12-22-25-20(26)28-11-19(27)21-10-18-23-16-5-3-4-6-17(16)24-18/h3-9,12H,10-11H2,1-2H3,(H,21,27)(H,23,24). The Kier molecular flexibility index (Phi) is 5.12. The third-order valence-electron chi connectivity index (χ3n) is 4.51. The van der Waals surface area contributed by atoms with Gasteiger partial charge >= 0.3 is 0 Å². The zero-order valence-corrected chi connectivity index (χ0v) is 16.5. The Bertz CT molecular complexity index is 1100. The van der Waals surface area contributed by atoms with Crippen LogP contribution < -0.4 is 5.32 Å². The van der Waals surface area contributed by atoms with E-state index in [1.165, 1.54) is 22.9 Å². The second-order valence-electron chi connectivity index (χ2n) is 6.52. The molecule has 0 aliphatic heterocycles. The first-order chi connectivity index (χ1) is 13.6. The molecule has 28 heavy (non-hydrogen) atoms. The first-order valence-corrected chi connectivity index (χ1v) is 9.89. The molecular formula is C20H20N6OS. The molecule has 2 N–H and O–H groups in total. The SMILES string of the molecule is Cc1ccc(-n2cnnc2SCC(=O)NCc2nc3ccccc3[nH]2)cc1C. The van der Waals surface area contributed by atoms with Crippen molar-refractivity contribution < 1.29 is 4.79 Å². The van der Waals surface area contributed by atoms with Gasteiger partial charge in [-0.15, -0.1) is 10.2 Å². The van der Waals surface area contributed by atoms with Gasteiger partial charge in [0.05, 0.1) is 23.3 Å². The number of imidazole rings is 1. The van der Waals surface area contributed by atoms with E-state index < -0.39 is 0 Å². The third kappa shape index (κ3) is 3.91. The van der Waals surface area contributed by atoms with Crippen molar-refractivity contribution in [2.24, 2.45) is 0 Å². The van der Waals surface area contributed by atoms with Gasteiger partial charge in [0.25, 0.3) is 0 Å². The van der Waals surface area contributed by atoms with Crippen LogP contribution in [0.4, 0.5) is 0 Å². The number of aromatic nitrogens is 5. The van der Waals surface area contributed by atoms with Crippen LogP contribution in [0.3, 0.4) is 0 Å². The summed E-state index contributed by atoms with van der Waals surface area (Å²) in [6, 6.07) is 14.0. The average molecular weight is 392 g/mol. The summed E-state index contributed by atoms with van der Waals surface area (Å²) in [6.07, 6.45) is 1.67. The van der Waals surface area contributed by atoms with Crippen LogP contribution in [0.1, 0.15) is 17.0 Å². The second kappa shape index (κ2) is 7.85. The van der Waals surface area contributed by atoms with E-state index in [2.05, 4.69) is 51.5 Å². The minimum absolute atomic E-state index is 0.0832. The van der Waals surface area contributed by atoms with Gasteiger partial charge in [0.1, 0.15) is 12.2 Å². The lowest BCUT2D eigenvalue weighted by Gasteiger charge is -2.08. The van der Waals surface area contributed by atoms with E-state index >= 15 is 0 Å². The molecule has 0 bridgehead atoms. The lowest BCUT2D eigenvalue weighted by molar-refractivity contribution is -0.118. The molecule has 0 fully saturated rings. The normalized spacial score (nSPS) is 11.1. The number of para-hydroxylation sites is 2. The highest BCUT2D eigenvalue weighted by Gasteiger charge is 2.11. The van der Waals surface area contributed by atoms with Crippen LogP contribution in [0.15, 0.2) is 53.9 Å². The molecule has 142 valence electrons. The van der Waals surface area contributed by atoms with E-state index in [0.29, 0.717) is 11.7 Å². The van der Waals surface area contributed by atoms with E-state index in [1.54, 1.807) is 6.33 Å². The zero-order chi connectivity index (χ0) is 19.5. The molecule has 4 aromatic rings. The molecule has 8 heteroatoms. The molecule has 0 saturated carbocycles. The van der Waals surface area contributed by atoms with Crippen molar-refractivity contribution in [3.63, 3.8) is 0 Å². The molecule has 0 aliphatic carbocycles. The van der Waals surface area contributed by atoms with Gasteiger partial charge in [-0.2, -0.15) is 0 Å². The van der Waals surface area contributed by atoms with Gasteiger partial charge in [-0.3, -0.25) is 9.36 Å². The van der Waals surface area contributed by atoms with Crippen LogP contribution in [-0.2, 0) is 11.3 Å². The average Bonchev–Trinajstić information content (AvgIpc) is 3.33. The molecule has 0 aliphatic rings. The van der Waals surface area contributed by atoms with Gasteiger partial charge in [0, 0.05) is 5.69 Å². The van der Waals surface area contributed by atoms with Crippen LogP contribution in [0, 0.1) is 13.8 Å². The van der Waals surface area contributed by atoms with Gasteiger partial charge in [-0.1, -0.05) is 30.0 Å². The van der Waals surface area contributed by atoms with Crippen LogP contribution in [0.5, 0.6) is 0 Å². The molecular weight excluding hydrogens is 372 g/mol. The Morgan fingerprint density at radius 2 is 2.04 bits per heavy atom. The number of H-pyrrole nitrogens is 1. The summed E-state index contributed by atoms with van der Waals surface area (Å²) < 4.78 is 1.89. The fourth-order valence-corrected chi connectivity index (χ4v) is 3.59. The molecule has 2 aromatic carbocycles. The van der Waals surface area contributed by atoms with Crippen molar-refractivity contribution in [1.29, 1.82) is 0 Å². The molecule has 0 saturated heterocycles. The van der Waals surface area contributed by atoms with E-state index in [9.17, 15) is 4.79 Å². The van der Waals surface area contributed by atoms with E-state index in [-0.39, 0.29) is 11.7 Å². The predicted octanol–water partition coefficient (Wildman–Crippen LogP) is 3.17. The zero-order valence-electron chi connectivity index (χ0n) is 15.6. The van der Waals surface area contributed by atoms with Crippen LogP contribution in [0.25, 0.3) is 16.7 Å². The molecule has 0 atom stereocenters. The lowest BCUT2D eigenvalue weighted by Crippen LogP contribution is -2.25. The first kappa shape index (κ1) is 18.2. The number of aryl methyl sites for hydroxylation is 2. The molecule has 0 unspecified atom stereocenters. The Hall–Kier alpha value is -3.13. The maximum Gasteiger partial charge on any atom is 0.230 e. The number of amides is 1. The second-order valence-corrected chi connectivity index (χ2v) is 7.46. The lowest BCUT2D eigenvalue weighted by atomic mass is 10.1. The molecule has 7 nitrogen and oxygen atoms in total. The summed E-state index contributed by atoms with van der Waals surface area (Å²) in [4.78, 5) is 19.9. The molecule has 0 radical (unpaired) electrons. The topological polar surface area (TPSA) is 88.5 Å². The summed E-state index contributed by atoms with van der Waals surface area (Å²) in [5.74, 6) is 0.905. The summed E-state index contributed by atoms with van der Waals surface area (Å²) in [5, 5.41) is 11.7. The van der Waals surface area contributed by atoms with Crippen LogP contribution in [-0.4, -0.2) is 36.4 Å². The number of fused-ring (bicyclic) bond motifs is 1. The third-order valence-corrected chi connectivity index (χ3v) is 5.45. The van der Waals surface area contributed by atoms with Crippen molar-refractivity contribution >= 4 is 28.7 Å². The van der Waals surface area contributed by atoms with E-state index in [1.807, 2.05) is 34.9 Å². The quantitative estimate of drug-likeness (QED) is 0.492. The maximum absolute atomic E-state index is 12.2. The van der Waals surface area contributed by atoms with Gasteiger partial charge in [0.15, 0.2) is 5.16 Å². The Morgan fingerprint density at radius 1 is 1.18 bits per heavy atom. The van der Waals surface area contributed by atoms with Gasteiger partial charge in [0.2, 0.25) is 5.91 Å². The number of hydrogen-bond acceptors (Lipinski definition) is 5. The number of benzene rings is 2. The highest BCUT2D eigenvalue weighted by atomic mass is 32.2. The predicted molar refractivity (Wildman–Crippen MR) is 109 cm³/mol. The van der Waals surface area contributed by atoms with Crippen molar-refractivity contribution in [3.8, 4) is 5.69 Å². The summed E-state index contributed by atoms with van der Waals surface area (Å²) >= 11 is 1.35. The minimum atomic E-state index is -0.0832. The monoisotopic (exact) mass is 392 g/mol. The molecule has 1 amide bonds. The number of nitrogens with one attached hydrogen (secondary N) is 2. The van der Waals surface area contributed by atoms with Crippen LogP contribution in [0.2, 0.25) is 0 Å². The molecule has 4 rings (SSSR count). The van der Waals surface area contributed by atoms with Crippen molar-refractivity contribution in [3.05, 3.63) is 65.7 Å². The van der Waals surface area contributed by atoms with E-state index in [0.717, 1.165) is 22.5 Å². The number of carbonyl (C=O) groups excluding carboxylic acids is 1. The number of nitrogens with zero attached hydrogens (tertiary/aromatic N) is 4. The number of thioether (sulfide) groups is 1. The Morgan fingerprint density at radius 3 is 2.86 bits per heavy atom. The fraction of sp³-hybridized carbons (Fsp3) is 0.200. The molecule has 2 aromatic heterocycles. The summed E-state index contributed by atoms with van der Waals surface area (Å²) in [6.45, 7) is 4.51. The largest absolute Gasteiger partial charge is 0.348 e. The molecule has 2 heterocycles. The maximum atomic E-state index is 12.2. The molecule has 0 spiro atoms. The van der Waals surface area contributed by atoms with Crippen molar-refractivity contribution in [2.75, 3.05) is 5.75 Å². The van der Waals surface area contributed by atoms with Crippen LogP contribution >= 0.6 is 11.8 Å². The smallest absolute Gasteiger partial charge is 0.230 e. The highest BCUT2D eigenvalue weighted by molar-refractivity contribution is 7.99. The highest BCUT2D eigenvalue weighted by Crippen LogP contribution is 2.21. The van der Waals surface area contributed by atoms with Crippen molar-refractivity contribution in [2.45, 2.75) is 25.5 Å². The minimum Gasteiger partial charge on any atom is -0.348 e. The Balaban J connectivity index is 1.36. The first-order valence-electron chi connectivity index (χ1n) is 8.91.